The van der Waals surface area contributed by atoms with E-state index in [0.29, 0.717) is 37.4 Å². The number of rotatable bonds is 4. The standard InChI is InChI=1S/C20H27N3O4S.CH2O2/c1-13(2)12-23-19(26)21-18(25)20(23)7-9-22(10-8-20)17(24)16-6-5-15(28-16)14-4-3-11-27-14;2-1-3/h5-6,13-14H,3-4,7-12H2,1-2H3,(H,21,25,26);1H,(H,2,3). The zero-order valence-corrected chi connectivity index (χ0v) is 18.7. The number of carbonyl (C=O) groups is 4. The van der Waals surface area contributed by atoms with Crippen molar-refractivity contribution < 1.29 is 29.0 Å². The predicted molar refractivity (Wildman–Crippen MR) is 114 cm³/mol. The second kappa shape index (κ2) is 9.78. The van der Waals surface area contributed by atoms with Crippen LogP contribution in [0.25, 0.3) is 0 Å². The van der Waals surface area contributed by atoms with E-state index in [-0.39, 0.29) is 36.3 Å². The maximum absolute atomic E-state index is 13.0. The molecular formula is C21H29N3O6S. The van der Waals surface area contributed by atoms with Gasteiger partial charge in [-0.15, -0.1) is 11.3 Å². The number of likely N-dealkylation sites (tertiary alicyclic amines) is 1. The average molecular weight is 452 g/mol. The molecule has 1 atom stereocenters. The van der Waals surface area contributed by atoms with Gasteiger partial charge in [-0.25, -0.2) is 4.79 Å². The molecule has 1 unspecified atom stereocenters. The average Bonchev–Trinajstić information content (AvgIpc) is 3.46. The van der Waals surface area contributed by atoms with Crippen molar-refractivity contribution in [2.24, 2.45) is 5.92 Å². The van der Waals surface area contributed by atoms with Gasteiger partial charge in [0.25, 0.3) is 18.3 Å². The van der Waals surface area contributed by atoms with Crippen LogP contribution >= 0.6 is 11.3 Å². The molecule has 0 aromatic carbocycles. The predicted octanol–water partition coefficient (Wildman–Crippen LogP) is 2.48. The topological polar surface area (TPSA) is 116 Å². The molecule has 0 saturated carbocycles. The summed E-state index contributed by atoms with van der Waals surface area (Å²) in [5.74, 6) is 0.0572. The Bertz CT molecular complexity index is 825. The Kier molecular flexibility index (Phi) is 7.32. The van der Waals surface area contributed by atoms with Gasteiger partial charge >= 0.3 is 6.03 Å². The fourth-order valence-electron chi connectivity index (χ4n) is 4.40. The number of piperidine rings is 1. The van der Waals surface area contributed by atoms with Crippen LogP contribution in [-0.4, -0.2) is 71.0 Å². The Morgan fingerprint density at radius 3 is 2.61 bits per heavy atom. The maximum atomic E-state index is 13.0. The van der Waals surface area contributed by atoms with Crippen molar-refractivity contribution in [3.63, 3.8) is 0 Å². The molecule has 1 aromatic rings. The second-order valence-corrected chi connectivity index (χ2v) is 9.51. The van der Waals surface area contributed by atoms with E-state index in [9.17, 15) is 14.4 Å². The van der Waals surface area contributed by atoms with Crippen LogP contribution in [0.5, 0.6) is 0 Å². The van der Waals surface area contributed by atoms with Crippen LogP contribution in [0.1, 0.15) is 60.2 Å². The number of carbonyl (C=O) groups excluding carboxylic acids is 3. The molecule has 0 bridgehead atoms. The molecule has 3 saturated heterocycles. The lowest BCUT2D eigenvalue weighted by molar-refractivity contribution is -0.129. The molecule has 31 heavy (non-hydrogen) atoms. The molecule has 3 aliphatic heterocycles. The number of carboxylic acid groups (broad SMARTS) is 1. The number of amides is 4. The molecule has 0 radical (unpaired) electrons. The summed E-state index contributed by atoms with van der Waals surface area (Å²) < 4.78 is 5.71. The Labute approximate surface area is 185 Å². The van der Waals surface area contributed by atoms with Crippen LogP contribution in [0.2, 0.25) is 0 Å². The van der Waals surface area contributed by atoms with E-state index in [1.54, 1.807) is 9.80 Å². The van der Waals surface area contributed by atoms with E-state index in [4.69, 9.17) is 14.6 Å². The van der Waals surface area contributed by atoms with E-state index in [0.717, 1.165) is 24.3 Å². The lowest BCUT2D eigenvalue weighted by Gasteiger charge is -2.42. The first-order valence-corrected chi connectivity index (χ1v) is 11.4. The van der Waals surface area contributed by atoms with E-state index in [1.165, 1.54) is 11.3 Å². The zero-order chi connectivity index (χ0) is 22.6. The lowest BCUT2D eigenvalue weighted by atomic mass is 9.85. The van der Waals surface area contributed by atoms with Crippen molar-refractivity contribution in [3.05, 3.63) is 21.9 Å². The van der Waals surface area contributed by atoms with E-state index in [1.807, 2.05) is 26.0 Å². The van der Waals surface area contributed by atoms with Crippen molar-refractivity contribution in [3.8, 4) is 0 Å². The van der Waals surface area contributed by atoms with Crippen molar-refractivity contribution in [2.75, 3.05) is 26.2 Å². The van der Waals surface area contributed by atoms with E-state index < -0.39 is 5.54 Å². The number of nitrogens with zero attached hydrogens (tertiary/aromatic N) is 2. The van der Waals surface area contributed by atoms with E-state index >= 15 is 0 Å². The minimum absolute atomic E-state index is 0.00392. The zero-order valence-electron chi connectivity index (χ0n) is 17.8. The summed E-state index contributed by atoms with van der Waals surface area (Å²) in [7, 11) is 0. The maximum Gasteiger partial charge on any atom is 0.325 e. The van der Waals surface area contributed by atoms with Crippen molar-refractivity contribution >= 4 is 35.7 Å². The number of ether oxygens (including phenoxy) is 1. The van der Waals surface area contributed by atoms with Crippen molar-refractivity contribution in [2.45, 2.75) is 51.2 Å². The molecule has 1 spiro atoms. The van der Waals surface area contributed by atoms with Crippen molar-refractivity contribution in [1.82, 2.24) is 15.1 Å². The molecule has 3 aliphatic rings. The normalized spacial score (nSPS) is 22.5. The summed E-state index contributed by atoms with van der Waals surface area (Å²) >= 11 is 1.51. The smallest absolute Gasteiger partial charge is 0.325 e. The van der Waals surface area contributed by atoms with Gasteiger partial charge in [0, 0.05) is 31.1 Å². The number of urea groups is 1. The molecular weight excluding hydrogens is 422 g/mol. The van der Waals surface area contributed by atoms with Gasteiger partial charge in [-0.05, 0) is 43.7 Å². The third-order valence-electron chi connectivity index (χ3n) is 5.92. The Balaban J connectivity index is 0.000000858. The number of imide groups is 1. The summed E-state index contributed by atoms with van der Waals surface area (Å²) in [5.41, 5.74) is -0.809. The van der Waals surface area contributed by atoms with Crippen LogP contribution in [-0.2, 0) is 14.3 Å². The molecule has 1 aromatic heterocycles. The molecule has 4 amide bonds. The molecule has 10 heteroatoms. The molecule has 2 N–H and O–H groups in total. The highest BCUT2D eigenvalue weighted by molar-refractivity contribution is 7.14. The molecule has 0 aliphatic carbocycles. The monoisotopic (exact) mass is 451 g/mol. The minimum Gasteiger partial charge on any atom is -0.483 e. The highest BCUT2D eigenvalue weighted by atomic mass is 32.1. The van der Waals surface area contributed by atoms with Crippen LogP contribution in [0.4, 0.5) is 4.79 Å². The number of hydrogen-bond acceptors (Lipinski definition) is 6. The van der Waals surface area contributed by atoms with Crippen LogP contribution < -0.4 is 5.32 Å². The summed E-state index contributed by atoms with van der Waals surface area (Å²) in [6.45, 7) is 6.09. The van der Waals surface area contributed by atoms with E-state index in [2.05, 4.69) is 5.32 Å². The molecule has 4 heterocycles. The van der Waals surface area contributed by atoms with Gasteiger partial charge < -0.3 is 19.6 Å². The fourth-order valence-corrected chi connectivity index (χ4v) is 5.46. The summed E-state index contributed by atoms with van der Waals surface area (Å²) in [6, 6.07) is 3.57. The van der Waals surface area contributed by atoms with Gasteiger partial charge in [0.15, 0.2) is 0 Å². The molecule has 9 nitrogen and oxygen atoms in total. The molecule has 170 valence electrons. The minimum atomic E-state index is -0.809. The Hall–Kier alpha value is -2.46. The summed E-state index contributed by atoms with van der Waals surface area (Å²) in [6.07, 6.45) is 3.15. The van der Waals surface area contributed by atoms with Crippen LogP contribution in [0, 0.1) is 5.92 Å². The Morgan fingerprint density at radius 1 is 1.35 bits per heavy atom. The second-order valence-electron chi connectivity index (χ2n) is 8.40. The first-order chi connectivity index (χ1) is 14.8. The van der Waals surface area contributed by atoms with Gasteiger partial charge in [-0.1, -0.05) is 13.8 Å². The van der Waals surface area contributed by atoms with Crippen LogP contribution in [0.3, 0.4) is 0 Å². The first-order valence-electron chi connectivity index (χ1n) is 10.5. The lowest BCUT2D eigenvalue weighted by Crippen LogP contribution is -2.57. The van der Waals surface area contributed by atoms with Gasteiger partial charge in [-0.3, -0.25) is 19.7 Å². The highest BCUT2D eigenvalue weighted by Gasteiger charge is 2.54. The van der Waals surface area contributed by atoms with Gasteiger partial charge in [-0.2, -0.15) is 0 Å². The first kappa shape index (κ1) is 23.2. The van der Waals surface area contributed by atoms with Gasteiger partial charge in [0.1, 0.15) is 5.54 Å². The van der Waals surface area contributed by atoms with Gasteiger partial charge in [0.2, 0.25) is 0 Å². The third-order valence-corrected chi connectivity index (χ3v) is 7.08. The highest BCUT2D eigenvalue weighted by Crippen LogP contribution is 2.36. The summed E-state index contributed by atoms with van der Waals surface area (Å²) in [4.78, 5) is 51.4. The fraction of sp³-hybridized carbons (Fsp3) is 0.619. The number of nitrogens with one attached hydrogen (secondary N) is 1. The van der Waals surface area contributed by atoms with Gasteiger partial charge in [0.05, 0.1) is 11.0 Å². The SMILES string of the molecule is CC(C)CN1C(=O)NC(=O)C12CCN(C(=O)c1ccc(C3CCCO3)s1)CC2.O=CO. The number of hydrogen-bond donors (Lipinski definition) is 2. The third kappa shape index (κ3) is 4.74. The Morgan fingerprint density at radius 2 is 2.03 bits per heavy atom. The van der Waals surface area contributed by atoms with Crippen LogP contribution in [0.15, 0.2) is 12.1 Å². The number of thiophene rings is 1. The molecule has 3 fully saturated rings. The molecule has 4 rings (SSSR count). The largest absolute Gasteiger partial charge is 0.483 e. The van der Waals surface area contributed by atoms with Crippen molar-refractivity contribution in [1.29, 1.82) is 0 Å². The quantitative estimate of drug-likeness (QED) is 0.537. The summed E-state index contributed by atoms with van der Waals surface area (Å²) in [5, 5.41) is 9.36.